The number of hydrogen-bond acceptors (Lipinski definition) is 7. The van der Waals surface area contributed by atoms with E-state index in [-0.39, 0.29) is 0 Å². The van der Waals surface area contributed by atoms with Gasteiger partial charge in [-0.25, -0.2) is 5.84 Å². The first kappa shape index (κ1) is 13.8. The van der Waals surface area contributed by atoms with Gasteiger partial charge in [0.25, 0.3) is 0 Å². The highest BCUT2D eigenvalue weighted by atomic mass is 15.4. The standard InChI is InChI=1S/C12H23N7/c1-4-9-5-7-19(8-6-9)12-15-10(17-13)14-11(16-12)18(2)3/h9H,4-8,13H2,1-3H3,(H,14,15,16,17). The Morgan fingerprint density at radius 1 is 1.26 bits per heavy atom. The van der Waals surface area contributed by atoms with Gasteiger partial charge in [-0.1, -0.05) is 13.3 Å². The van der Waals surface area contributed by atoms with Gasteiger partial charge in [-0.05, 0) is 18.8 Å². The molecule has 0 atom stereocenters. The lowest BCUT2D eigenvalue weighted by Gasteiger charge is -2.31. The molecule has 1 aromatic rings. The van der Waals surface area contributed by atoms with Gasteiger partial charge in [0.15, 0.2) is 0 Å². The topological polar surface area (TPSA) is 83.2 Å². The van der Waals surface area contributed by atoms with E-state index in [0.717, 1.165) is 19.0 Å². The summed E-state index contributed by atoms with van der Waals surface area (Å²) in [5, 5.41) is 0. The van der Waals surface area contributed by atoms with Gasteiger partial charge in [-0.3, -0.25) is 5.43 Å². The molecule has 0 aromatic carbocycles. The van der Waals surface area contributed by atoms with Crippen LogP contribution in [0.25, 0.3) is 0 Å². The summed E-state index contributed by atoms with van der Waals surface area (Å²) in [6.07, 6.45) is 3.65. The molecule has 0 radical (unpaired) electrons. The maximum Gasteiger partial charge on any atom is 0.243 e. The van der Waals surface area contributed by atoms with Crippen molar-refractivity contribution >= 4 is 17.8 Å². The van der Waals surface area contributed by atoms with Crippen molar-refractivity contribution in [2.45, 2.75) is 26.2 Å². The highest BCUT2D eigenvalue weighted by molar-refractivity contribution is 5.44. The molecule has 7 nitrogen and oxygen atoms in total. The minimum Gasteiger partial charge on any atom is -0.347 e. The van der Waals surface area contributed by atoms with Gasteiger partial charge in [-0.2, -0.15) is 15.0 Å². The molecule has 1 aromatic heterocycles. The third-order valence-corrected chi connectivity index (χ3v) is 3.62. The average Bonchev–Trinajstić information content (AvgIpc) is 2.46. The number of nitrogens with two attached hydrogens (primary N) is 1. The monoisotopic (exact) mass is 265 g/mol. The van der Waals surface area contributed by atoms with E-state index in [4.69, 9.17) is 5.84 Å². The lowest BCUT2D eigenvalue weighted by atomic mass is 9.95. The van der Waals surface area contributed by atoms with Crippen LogP contribution in [-0.4, -0.2) is 42.1 Å². The molecular formula is C12H23N7. The third kappa shape index (κ3) is 3.23. The maximum absolute atomic E-state index is 5.42. The molecule has 0 spiro atoms. The summed E-state index contributed by atoms with van der Waals surface area (Å²) in [6.45, 7) is 4.25. The SMILES string of the molecule is CCC1CCN(c2nc(NN)nc(N(C)C)n2)CC1. The van der Waals surface area contributed by atoms with E-state index < -0.39 is 0 Å². The molecule has 3 N–H and O–H groups in total. The molecule has 0 saturated carbocycles. The van der Waals surface area contributed by atoms with Crippen LogP contribution in [0.3, 0.4) is 0 Å². The number of nitrogen functional groups attached to an aromatic ring is 1. The second-order valence-corrected chi connectivity index (χ2v) is 5.14. The Hall–Kier alpha value is -1.63. The van der Waals surface area contributed by atoms with E-state index in [1.54, 1.807) is 0 Å². The van der Waals surface area contributed by atoms with Crippen molar-refractivity contribution in [3.05, 3.63) is 0 Å². The van der Waals surface area contributed by atoms with Gasteiger partial charge < -0.3 is 9.80 Å². The van der Waals surface area contributed by atoms with Crippen LogP contribution in [0.2, 0.25) is 0 Å². The summed E-state index contributed by atoms with van der Waals surface area (Å²) in [5.74, 6) is 7.99. The molecule has 106 valence electrons. The Morgan fingerprint density at radius 3 is 2.47 bits per heavy atom. The van der Waals surface area contributed by atoms with Gasteiger partial charge in [0.05, 0.1) is 0 Å². The highest BCUT2D eigenvalue weighted by Crippen LogP contribution is 2.24. The van der Waals surface area contributed by atoms with E-state index in [1.807, 2.05) is 19.0 Å². The van der Waals surface area contributed by atoms with Crippen molar-refractivity contribution in [1.29, 1.82) is 0 Å². The molecule has 1 saturated heterocycles. The summed E-state index contributed by atoms with van der Waals surface area (Å²) < 4.78 is 0. The largest absolute Gasteiger partial charge is 0.347 e. The predicted molar refractivity (Wildman–Crippen MR) is 77.2 cm³/mol. The summed E-state index contributed by atoms with van der Waals surface area (Å²) in [5.41, 5.74) is 2.51. The Kier molecular flexibility index (Phi) is 4.36. The number of aromatic nitrogens is 3. The molecule has 2 rings (SSSR count). The number of rotatable bonds is 4. The van der Waals surface area contributed by atoms with Gasteiger partial charge in [-0.15, -0.1) is 0 Å². The van der Waals surface area contributed by atoms with Crippen LogP contribution in [0.15, 0.2) is 0 Å². The van der Waals surface area contributed by atoms with E-state index in [0.29, 0.717) is 17.8 Å². The van der Waals surface area contributed by atoms with Gasteiger partial charge in [0.2, 0.25) is 17.8 Å². The zero-order valence-electron chi connectivity index (χ0n) is 11.9. The Balaban J connectivity index is 2.17. The number of hydrazine groups is 1. The van der Waals surface area contributed by atoms with Crippen LogP contribution in [0.4, 0.5) is 17.8 Å². The average molecular weight is 265 g/mol. The lowest BCUT2D eigenvalue weighted by molar-refractivity contribution is 0.392. The number of nitrogens with zero attached hydrogens (tertiary/aromatic N) is 5. The van der Waals surface area contributed by atoms with Crippen molar-refractivity contribution in [1.82, 2.24) is 15.0 Å². The van der Waals surface area contributed by atoms with E-state index in [2.05, 4.69) is 32.2 Å². The molecule has 7 heteroatoms. The van der Waals surface area contributed by atoms with Crippen molar-refractivity contribution in [3.63, 3.8) is 0 Å². The normalized spacial score (nSPS) is 16.5. The Bertz CT molecular complexity index is 413. The fourth-order valence-corrected chi connectivity index (χ4v) is 2.30. The van der Waals surface area contributed by atoms with Crippen LogP contribution in [0, 0.1) is 5.92 Å². The van der Waals surface area contributed by atoms with Crippen molar-refractivity contribution in [2.75, 3.05) is 42.4 Å². The second-order valence-electron chi connectivity index (χ2n) is 5.14. The molecule has 0 amide bonds. The quantitative estimate of drug-likeness (QED) is 0.616. The third-order valence-electron chi connectivity index (χ3n) is 3.62. The predicted octanol–water partition coefficient (Wildman–Crippen LogP) is 0.850. The molecular weight excluding hydrogens is 242 g/mol. The maximum atomic E-state index is 5.42. The van der Waals surface area contributed by atoms with Crippen LogP contribution < -0.4 is 21.1 Å². The molecule has 0 aliphatic carbocycles. The molecule has 0 bridgehead atoms. The minimum absolute atomic E-state index is 0.409. The summed E-state index contributed by atoms with van der Waals surface area (Å²) in [7, 11) is 3.81. The minimum atomic E-state index is 0.409. The van der Waals surface area contributed by atoms with E-state index in [1.165, 1.54) is 19.3 Å². The van der Waals surface area contributed by atoms with Crippen molar-refractivity contribution < 1.29 is 0 Å². The van der Waals surface area contributed by atoms with Gasteiger partial charge in [0.1, 0.15) is 0 Å². The molecule has 0 unspecified atom stereocenters. The first-order valence-corrected chi connectivity index (χ1v) is 6.79. The van der Waals surface area contributed by atoms with Gasteiger partial charge >= 0.3 is 0 Å². The molecule has 1 fully saturated rings. The first-order valence-electron chi connectivity index (χ1n) is 6.79. The fourth-order valence-electron chi connectivity index (χ4n) is 2.30. The first-order chi connectivity index (χ1) is 9.13. The number of hydrogen-bond donors (Lipinski definition) is 2. The number of nitrogens with one attached hydrogen (secondary N) is 1. The highest BCUT2D eigenvalue weighted by Gasteiger charge is 2.21. The number of piperidine rings is 1. The summed E-state index contributed by atoms with van der Waals surface area (Å²) >= 11 is 0. The number of anilines is 3. The van der Waals surface area contributed by atoms with E-state index >= 15 is 0 Å². The fraction of sp³-hybridized carbons (Fsp3) is 0.750. The van der Waals surface area contributed by atoms with Crippen LogP contribution in [0.5, 0.6) is 0 Å². The smallest absolute Gasteiger partial charge is 0.243 e. The summed E-state index contributed by atoms with van der Waals surface area (Å²) in [6, 6.07) is 0. The lowest BCUT2D eigenvalue weighted by Crippen LogP contribution is -2.35. The zero-order valence-corrected chi connectivity index (χ0v) is 11.9. The van der Waals surface area contributed by atoms with E-state index in [9.17, 15) is 0 Å². The second kappa shape index (κ2) is 6.01. The Labute approximate surface area is 114 Å². The van der Waals surface area contributed by atoms with Crippen LogP contribution >= 0.6 is 0 Å². The molecule has 19 heavy (non-hydrogen) atoms. The Morgan fingerprint density at radius 2 is 1.95 bits per heavy atom. The van der Waals surface area contributed by atoms with Crippen molar-refractivity contribution in [3.8, 4) is 0 Å². The van der Waals surface area contributed by atoms with Crippen LogP contribution in [0.1, 0.15) is 26.2 Å². The van der Waals surface area contributed by atoms with Crippen molar-refractivity contribution in [2.24, 2.45) is 11.8 Å². The molecule has 1 aliphatic heterocycles. The van der Waals surface area contributed by atoms with Crippen LogP contribution in [-0.2, 0) is 0 Å². The summed E-state index contributed by atoms with van der Waals surface area (Å²) in [4.78, 5) is 17.1. The van der Waals surface area contributed by atoms with Gasteiger partial charge in [0, 0.05) is 27.2 Å². The molecule has 1 aliphatic rings. The zero-order chi connectivity index (χ0) is 13.8. The molecule has 2 heterocycles.